The fourth-order valence-electron chi connectivity index (χ4n) is 1.25. The second-order valence-electron chi connectivity index (χ2n) is 5.03. The zero-order valence-electron chi connectivity index (χ0n) is 10.7. The molecule has 1 aromatic rings. The smallest absolute Gasteiger partial charge is 0.301 e. The van der Waals surface area contributed by atoms with Crippen LogP contribution in [-0.4, -0.2) is 16.3 Å². The lowest BCUT2D eigenvalue weighted by molar-refractivity contribution is -0.116. The number of amides is 1. The fourth-order valence-corrected chi connectivity index (χ4v) is 1.52. The number of halogens is 1. The standard InChI is InChI=1S/C12H19ClN2O2/c1-5-6-8(13)10(16)15-11-14-7-9(17-11)12(2,3)4/h7-8H,5-6H2,1-4H3,(H,14,15,16)/t8-/m0/s1. The molecule has 96 valence electrons. The van der Waals surface area contributed by atoms with E-state index in [0.29, 0.717) is 6.42 Å². The summed E-state index contributed by atoms with van der Waals surface area (Å²) in [5.41, 5.74) is -0.125. The number of nitrogens with one attached hydrogen (secondary N) is 1. The lowest BCUT2D eigenvalue weighted by Gasteiger charge is -2.13. The maximum atomic E-state index is 11.6. The van der Waals surface area contributed by atoms with E-state index >= 15 is 0 Å². The summed E-state index contributed by atoms with van der Waals surface area (Å²) in [6.07, 6.45) is 3.12. The average Bonchev–Trinajstić information content (AvgIpc) is 2.66. The van der Waals surface area contributed by atoms with Gasteiger partial charge in [-0.2, -0.15) is 0 Å². The van der Waals surface area contributed by atoms with Crippen LogP contribution in [0.3, 0.4) is 0 Å². The Morgan fingerprint density at radius 3 is 2.71 bits per heavy atom. The maximum Gasteiger partial charge on any atom is 0.301 e. The molecule has 0 radical (unpaired) electrons. The van der Waals surface area contributed by atoms with Gasteiger partial charge in [0.1, 0.15) is 11.1 Å². The molecule has 0 aromatic carbocycles. The highest BCUT2D eigenvalue weighted by molar-refractivity contribution is 6.32. The number of hydrogen-bond donors (Lipinski definition) is 1. The molecule has 1 N–H and O–H groups in total. The predicted molar refractivity (Wildman–Crippen MR) is 68.4 cm³/mol. The molecule has 5 heteroatoms. The number of carbonyl (C=O) groups is 1. The molecule has 0 aliphatic carbocycles. The first-order valence-corrected chi connectivity index (χ1v) is 6.19. The van der Waals surface area contributed by atoms with Gasteiger partial charge in [-0.3, -0.25) is 10.1 Å². The minimum absolute atomic E-state index is 0.125. The fraction of sp³-hybridized carbons (Fsp3) is 0.667. The Balaban J connectivity index is 2.64. The molecular weight excluding hydrogens is 240 g/mol. The van der Waals surface area contributed by atoms with Crippen molar-refractivity contribution in [3.8, 4) is 0 Å². The van der Waals surface area contributed by atoms with Gasteiger partial charge >= 0.3 is 6.01 Å². The van der Waals surface area contributed by atoms with Crippen molar-refractivity contribution in [2.45, 2.75) is 51.3 Å². The van der Waals surface area contributed by atoms with Gasteiger partial charge in [0, 0.05) is 5.41 Å². The Morgan fingerprint density at radius 2 is 2.24 bits per heavy atom. The summed E-state index contributed by atoms with van der Waals surface area (Å²) in [5, 5.41) is 2.03. The first-order chi connectivity index (χ1) is 7.84. The van der Waals surface area contributed by atoms with Crippen molar-refractivity contribution in [3.63, 3.8) is 0 Å². The lowest BCUT2D eigenvalue weighted by Crippen LogP contribution is -2.23. The van der Waals surface area contributed by atoms with Gasteiger partial charge in [-0.1, -0.05) is 34.1 Å². The van der Waals surface area contributed by atoms with Crippen LogP contribution in [0.25, 0.3) is 0 Å². The summed E-state index contributed by atoms with van der Waals surface area (Å²) < 4.78 is 5.45. The van der Waals surface area contributed by atoms with Crippen molar-refractivity contribution in [1.82, 2.24) is 4.98 Å². The largest absolute Gasteiger partial charge is 0.428 e. The van der Waals surface area contributed by atoms with Gasteiger partial charge in [0.05, 0.1) is 6.20 Å². The van der Waals surface area contributed by atoms with E-state index in [0.717, 1.165) is 12.2 Å². The Hall–Kier alpha value is -1.03. The predicted octanol–water partition coefficient (Wildman–Crippen LogP) is 3.32. The van der Waals surface area contributed by atoms with Crippen LogP contribution >= 0.6 is 11.6 Å². The molecular formula is C12H19ClN2O2. The summed E-state index contributed by atoms with van der Waals surface area (Å²) in [7, 11) is 0. The highest BCUT2D eigenvalue weighted by Gasteiger charge is 2.21. The van der Waals surface area contributed by atoms with Gasteiger partial charge in [-0.25, -0.2) is 4.98 Å². The summed E-state index contributed by atoms with van der Waals surface area (Å²) in [6, 6.07) is 0.210. The van der Waals surface area contributed by atoms with E-state index in [1.165, 1.54) is 0 Å². The van der Waals surface area contributed by atoms with Crippen LogP contribution in [0.1, 0.15) is 46.3 Å². The van der Waals surface area contributed by atoms with Gasteiger partial charge in [0.2, 0.25) is 5.91 Å². The van der Waals surface area contributed by atoms with Gasteiger partial charge in [-0.05, 0) is 6.42 Å². The molecule has 0 fully saturated rings. The third-order valence-corrected chi connectivity index (χ3v) is 2.72. The zero-order valence-corrected chi connectivity index (χ0v) is 11.5. The van der Waals surface area contributed by atoms with Gasteiger partial charge in [0.15, 0.2) is 0 Å². The summed E-state index contributed by atoms with van der Waals surface area (Å²) in [6.45, 7) is 8.02. The van der Waals surface area contributed by atoms with E-state index in [1.807, 2.05) is 27.7 Å². The average molecular weight is 259 g/mol. The molecule has 4 nitrogen and oxygen atoms in total. The summed E-state index contributed by atoms with van der Waals surface area (Å²) >= 11 is 5.90. The van der Waals surface area contributed by atoms with Gasteiger partial charge in [-0.15, -0.1) is 11.6 Å². The Labute approximate surface area is 107 Å². The van der Waals surface area contributed by atoms with Crippen LogP contribution in [0.5, 0.6) is 0 Å². The Bertz CT molecular complexity index is 382. The number of aromatic nitrogens is 1. The number of rotatable bonds is 4. The Morgan fingerprint density at radius 1 is 1.59 bits per heavy atom. The van der Waals surface area contributed by atoms with Crippen molar-refractivity contribution in [1.29, 1.82) is 0 Å². The lowest BCUT2D eigenvalue weighted by atomic mass is 9.94. The maximum absolute atomic E-state index is 11.6. The number of anilines is 1. The molecule has 1 aromatic heterocycles. The van der Waals surface area contributed by atoms with E-state index in [9.17, 15) is 4.79 Å². The van der Waals surface area contributed by atoms with Crippen LogP contribution in [0.15, 0.2) is 10.6 Å². The molecule has 1 rings (SSSR count). The molecule has 1 heterocycles. The minimum atomic E-state index is -0.537. The van der Waals surface area contributed by atoms with Crippen molar-refractivity contribution in [3.05, 3.63) is 12.0 Å². The molecule has 17 heavy (non-hydrogen) atoms. The van der Waals surface area contributed by atoms with Crippen LogP contribution in [0.4, 0.5) is 6.01 Å². The number of nitrogens with zero attached hydrogens (tertiary/aromatic N) is 1. The first kappa shape index (κ1) is 14.0. The van der Waals surface area contributed by atoms with E-state index in [1.54, 1.807) is 6.20 Å². The highest BCUT2D eigenvalue weighted by Crippen LogP contribution is 2.24. The van der Waals surface area contributed by atoms with E-state index in [-0.39, 0.29) is 17.3 Å². The summed E-state index contributed by atoms with van der Waals surface area (Å²) in [4.78, 5) is 15.6. The first-order valence-electron chi connectivity index (χ1n) is 5.76. The van der Waals surface area contributed by atoms with E-state index in [2.05, 4.69) is 10.3 Å². The monoisotopic (exact) mass is 258 g/mol. The van der Waals surface area contributed by atoms with Crippen LogP contribution < -0.4 is 5.32 Å². The van der Waals surface area contributed by atoms with Crippen molar-refractivity contribution in [2.24, 2.45) is 0 Å². The van der Waals surface area contributed by atoms with E-state index in [4.69, 9.17) is 16.0 Å². The number of oxazole rings is 1. The molecule has 1 amide bonds. The molecule has 0 aliphatic rings. The van der Waals surface area contributed by atoms with Crippen LogP contribution in [-0.2, 0) is 10.2 Å². The third kappa shape index (κ3) is 4.04. The molecule has 0 saturated carbocycles. The normalized spacial score (nSPS) is 13.5. The molecule has 0 unspecified atom stereocenters. The van der Waals surface area contributed by atoms with Crippen LogP contribution in [0.2, 0.25) is 0 Å². The number of alkyl halides is 1. The van der Waals surface area contributed by atoms with E-state index < -0.39 is 5.38 Å². The Kier molecular flexibility index (Phi) is 4.57. The van der Waals surface area contributed by atoms with Crippen molar-refractivity contribution in [2.75, 3.05) is 5.32 Å². The molecule has 0 aliphatic heterocycles. The molecule has 0 bridgehead atoms. The minimum Gasteiger partial charge on any atom is -0.428 e. The van der Waals surface area contributed by atoms with Crippen molar-refractivity contribution >= 4 is 23.5 Å². The number of carbonyl (C=O) groups excluding carboxylic acids is 1. The third-order valence-electron chi connectivity index (χ3n) is 2.30. The zero-order chi connectivity index (χ0) is 13.1. The molecule has 0 spiro atoms. The summed E-state index contributed by atoms with van der Waals surface area (Å²) in [5.74, 6) is 0.463. The van der Waals surface area contributed by atoms with Gasteiger partial charge in [0.25, 0.3) is 0 Å². The van der Waals surface area contributed by atoms with Crippen molar-refractivity contribution < 1.29 is 9.21 Å². The van der Waals surface area contributed by atoms with Crippen LogP contribution in [0, 0.1) is 0 Å². The topological polar surface area (TPSA) is 55.1 Å². The second-order valence-corrected chi connectivity index (χ2v) is 5.55. The van der Waals surface area contributed by atoms with Gasteiger partial charge < -0.3 is 4.42 Å². The SMILES string of the molecule is CCC[C@H](Cl)C(=O)Nc1ncc(C(C)(C)C)o1. The second kappa shape index (κ2) is 5.54. The molecule has 1 atom stereocenters. The molecule has 0 saturated heterocycles. The quantitative estimate of drug-likeness (QED) is 0.843. The number of hydrogen-bond acceptors (Lipinski definition) is 3. The highest BCUT2D eigenvalue weighted by atomic mass is 35.5.